The molecule has 0 aliphatic rings. The third-order valence-corrected chi connectivity index (χ3v) is 5.95. The SMILES string of the molecule is Cc1nc2ncnn2c(C)c1CCC(=O)OCCCOC(=O)CCc1c(C)nc2ncnn2c1C. The van der Waals surface area contributed by atoms with Gasteiger partial charge in [0.25, 0.3) is 11.6 Å². The van der Waals surface area contributed by atoms with Crippen LogP contribution < -0.4 is 0 Å². The van der Waals surface area contributed by atoms with Crippen LogP contribution in [0.25, 0.3) is 11.6 Å². The lowest BCUT2D eigenvalue weighted by Gasteiger charge is -2.11. The van der Waals surface area contributed by atoms with Crippen LogP contribution in [0, 0.1) is 27.7 Å². The maximum atomic E-state index is 12.1. The lowest BCUT2D eigenvalue weighted by Crippen LogP contribution is -2.13. The van der Waals surface area contributed by atoms with Crippen LogP contribution >= 0.6 is 0 Å². The molecule has 0 fully saturated rings. The van der Waals surface area contributed by atoms with Crippen molar-refractivity contribution in [1.82, 2.24) is 39.2 Å². The first-order chi connectivity index (χ1) is 16.8. The van der Waals surface area contributed by atoms with Gasteiger partial charge in [0.2, 0.25) is 0 Å². The zero-order chi connectivity index (χ0) is 24.9. The van der Waals surface area contributed by atoms with E-state index in [0.29, 0.717) is 30.8 Å². The van der Waals surface area contributed by atoms with E-state index in [-0.39, 0.29) is 38.0 Å². The van der Waals surface area contributed by atoms with Gasteiger partial charge >= 0.3 is 11.9 Å². The number of esters is 2. The number of carbonyl (C=O) groups excluding carboxylic acids is 2. The molecule has 0 aliphatic heterocycles. The summed E-state index contributed by atoms with van der Waals surface area (Å²) >= 11 is 0. The molecule has 0 spiro atoms. The van der Waals surface area contributed by atoms with Crippen LogP contribution in [0.4, 0.5) is 0 Å². The second kappa shape index (κ2) is 10.5. The Balaban J connectivity index is 1.15. The van der Waals surface area contributed by atoms with Gasteiger partial charge in [0.1, 0.15) is 12.7 Å². The van der Waals surface area contributed by atoms with Crippen LogP contribution in [0.5, 0.6) is 0 Å². The molecule has 0 aromatic carbocycles. The van der Waals surface area contributed by atoms with Gasteiger partial charge in [-0.15, -0.1) is 0 Å². The second-order valence-corrected chi connectivity index (χ2v) is 8.26. The zero-order valence-electron chi connectivity index (χ0n) is 20.3. The van der Waals surface area contributed by atoms with E-state index in [1.807, 2.05) is 27.7 Å². The largest absolute Gasteiger partial charge is 0.466 e. The van der Waals surface area contributed by atoms with Gasteiger partial charge < -0.3 is 9.47 Å². The van der Waals surface area contributed by atoms with Crippen LogP contribution in [0.2, 0.25) is 0 Å². The first kappa shape index (κ1) is 24.2. The summed E-state index contributed by atoms with van der Waals surface area (Å²) < 4.78 is 13.9. The molecule has 0 aliphatic carbocycles. The van der Waals surface area contributed by atoms with Crippen LogP contribution in [0.15, 0.2) is 12.7 Å². The van der Waals surface area contributed by atoms with Crippen LogP contribution in [0.3, 0.4) is 0 Å². The van der Waals surface area contributed by atoms with Gasteiger partial charge in [-0.2, -0.15) is 20.2 Å². The Bertz CT molecular complexity index is 1270. The number of aryl methyl sites for hydroxylation is 4. The van der Waals surface area contributed by atoms with Crippen molar-refractivity contribution in [3.63, 3.8) is 0 Å². The van der Waals surface area contributed by atoms with Crippen molar-refractivity contribution >= 4 is 23.5 Å². The van der Waals surface area contributed by atoms with E-state index < -0.39 is 0 Å². The summed E-state index contributed by atoms with van der Waals surface area (Å²) in [5, 5.41) is 8.31. The maximum Gasteiger partial charge on any atom is 0.306 e. The highest BCUT2D eigenvalue weighted by molar-refractivity contribution is 5.70. The highest BCUT2D eigenvalue weighted by atomic mass is 16.5. The Kier molecular flexibility index (Phi) is 7.28. The van der Waals surface area contributed by atoms with E-state index in [1.165, 1.54) is 12.7 Å². The van der Waals surface area contributed by atoms with Gasteiger partial charge in [0.15, 0.2) is 0 Å². The summed E-state index contributed by atoms with van der Waals surface area (Å²) in [6.07, 6.45) is 4.81. The summed E-state index contributed by atoms with van der Waals surface area (Å²) in [5.74, 6) is 0.463. The smallest absolute Gasteiger partial charge is 0.306 e. The average Bonchev–Trinajstić information content (AvgIpc) is 3.48. The Morgan fingerprint density at radius 2 is 1.17 bits per heavy atom. The van der Waals surface area contributed by atoms with E-state index >= 15 is 0 Å². The zero-order valence-corrected chi connectivity index (χ0v) is 20.3. The number of fused-ring (bicyclic) bond motifs is 2. The van der Waals surface area contributed by atoms with Crippen molar-refractivity contribution in [2.75, 3.05) is 13.2 Å². The summed E-state index contributed by atoms with van der Waals surface area (Å²) in [5.41, 5.74) is 5.38. The van der Waals surface area contributed by atoms with Gasteiger partial charge in [0.05, 0.1) is 13.2 Å². The molecule has 35 heavy (non-hydrogen) atoms. The minimum atomic E-state index is -0.309. The Labute approximate surface area is 201 Å². The van der Waals surface area contributed by atoms with E-state index in [2.05, 4.69) is 30.1 Å². The lowest BCUT2D eigenvalue weighted by molar-refractivity contribution is -0.146. The third kappa shape index (κ3) is 5.42. The van der Waals surface area contributed by atoms with Gasteiger partial charge in [-0.05, 0) is 51.7 Å². The van der Waals surface area contributed by atoms with Crippen molar-refractivity contribution in [2.24, 2.45) is 0 Å². The van der Waals surface area contributed by atoms with Crippen molar-refractivity contribution in [3.8, 4) is 0 Å². The summed E-state index contributed by atoms with van der Waals surface area (Å²) in [7, 11) is 0. The highest BCUT2D eigenvalue weighted by Gasteiger charge is 2.15. The molecule has 184 valence electrons. The molecule has 0 radical (unpaired) electrons. The van der Waals surface area contributed by atoms with Crippen LogP contribution in [-0.4, -0.2) is 64.3 Å². The molecule has 4 rings (SSSR count). The monoisotopic (exact) mass is 480 g/mol. The number of aromatic nitrogens is 8. The number of hydrogen-bond donors (Lipinski definition) is 0. The van der Waals surface area contributed by atoms with Crippen LogP contribution in [0.1, 0.15) is 53.2 Å². The number of carbonyl (C=O) groups is 2. The van der Waals surface area contributed by atoms with Gasteiger partial charge in [-0.3, -0.25) is 9.59 Å². The fourth-order valence-electron chi connectivity index (χ4n) is 4.06. The number of rotatable bonds is 10. The molecule has 4 aromatic rings. The van der Waals surface area contributed by atoms with Crippen molar-refractivity contribution in [2.45, 2.75) is 59.8 Å². The van der Waals surface area contributed by atoms with Gasteiger partial charge in [0, 0.05) is 42.0 Å². The maximum absolute atomic E-state index is 12.1. The minimum Gasteiger partial charge on any atom is -0.466 e. The fraction of sp³-hybridized carbons (Fsp3) is 0.478. The molecular weight excluding hydrogens is 452 g/mol. The van der Waals surface area contributed by atoms with Crippen molar-refractivity contribution in [1.29, 1.82) is 0 Å². The molecule has 0 amide bonds. The molecule has 0 unspecified atom stereocenters. The number of hydrogen-bond acceptors (Lipinski definition) is 10. The summed E-state index contributed by atoms with van der Waals surface area (Å²) in [6.45, 7) is 8.02. The molecule has 0 N–H and O–H groups in total. The molecule has 0 saturated carbocycles. The second-order valence-electron chi connectivity index (χ2n) is 8.26. The molecule has 12 heteroatoms. The van der Waals surface area contributed by atoms with Gasteiger partial charge in [-0.25, -0.2) is 19.0 Å². The standard InChI is InChI=1S/C23H28N8O4/c1-14-18(16(3)30-22(28-14)24-12-26-30)6-8-20(32)34-10-5-11-35-21(33)9-7-19-15(2)29-23-25-13-27-31(23)17(19)4/h12-13H,5-11H2,1-4H3. The molecular formula is C23H28N8O4. The van der Waals surface area contributed by atoms with Gasteiger partial charge in [-0.1, -0.05) is 0 Å². The van der Waals surface area contributed by atoms with E-state index in [1.54, 1.807) is 9.03 Å². The molecule has 4 heterocycles. The number of nitrogens with zero attached hydrogens (tertiary/aromatic N) is 8. The first-order valence-electron chi connectivity index (χ1n) is 11.5. The molecule has 0 saturated heterocycles. The predicted molar refractivity (Wildman–Crippen MR) is 124 cm³/mol. The van der Waals surface area contributed by atoms with Crippen LogP contribution in [-0.2, 0) is 31.9 Å². The Morgan fingerprint density at radius 1 is 0.743 bits per heavy atom. The quantitative estimate of drug-likeness (QED) is 0.244. The Hall–Kier alpha value is -3.96. The molecule has 4 aromatic heterocycles. The topological polar surface area (TPSA) is 139 Å². The van der Waals surface area contributed by atoms with E-state index in [0.717, 1.165) is 33.9 Å². The van der Waals surface area contributed by atoms with E-state index in [4.69, 9.17) is 9.47 Å². The number of ether oxygens (including phenoxy) is 2. The lowest BCUT2D eigenvalue weighted by atomic mass is 10.1. The molecule has 0 bridgehead atoms. The van der Waals surface area contributed by atoms with E-state index in [9.17, 15) is 9.59 Å². The fourth-order valence-corrected chi connectivity index (χ4v) is 4.06. The van der Waals surface area contributed by atoms with Crippen molar-refractivity contribution < 1.29 is 19.1 Å². The molecule has 12 nitrogen and oxygen atoms in total. The average molecular weight is 481 g/mol. The normalized spacial score (nSPS) is 11.3. The highest BCUT2D eigenvalue weighted by Crippen LogP contribution is 2.16. The van der Waals surface area contributed by atoms with Crippen molar-refractivity contribution in [3.05, 3.63) is 46.6 Å². The summed E-state index contributed by atoms with van der Waals surface area (Å²) in [4.78, 5) is 41.3. The minimum absolute atomic E-state index is 0.190. The predicted octanol–water partition coefficient (Wildman–Crippen LogP) is 1.84. The Morgan fingerprint density at radius 3 is 1.60 bits per heavy atom. The molecule has 0 atom stereocenters. The first-order valence-corrected chi connectivity index (χ1v) is 11.5. The summed E-state index contributed by atoms with van der Waals surface area (Å²) in [6, 6.07) is 0. The third-order valence-electron chi connectivity index (χ3n) is 5.95.